The van der Waals surface area contributed by atoms with Crippen molar-refractivity contribution >= 4 is 45.3 Å². The van der Waals surface area contributed by atoms with Crippen LogP contribution in [-0.4, -0.2) is 45.7 Å². The molecule has 1 atom stereocenters. The Hall–Kier alpha value is -3.13. The van der Waals surface area contributed by atoms with Crippen LogP contribution in [0.4, 0.5) is 10.1 Å². The number of aromatic amines is 1. The number of carbonyl (C=O) groups excluding carboxylic acids is 2. The molecule has 4 rings (SSSR count). The van der Waals surface area contributed by atoms with Crippen molar-refractivity contribution in [1.82, 2.24) is 9.88 Å². The van der Waals surface area contributed by atoms with Gasteiger partial charge < -0.3 is 10.3 Å². The van der Waals surface area contributed by atoms with Crippen LogP contribution in [0.15, 0.2) is 59.7 Å². The highest BCUT2D eigenvalue weighted by Gasteiger charge is 2.38. The van der Waals surface area contributed by atoms with E-state index in [0.29, 0.717) is 23.8 Å². The molecule has 2 N–H and O–H groups in total. The molecule has 2 heterocycles. The number of rotatable bonds is 6. The summed E-state index contributed by atoms with van der Waals surface area (Å²) in [5.74, 6) is -0.614. The molecule has 2 aromatic carbocycles. The zero-order chi connectivity index (χ0) is 21.1. The number of para-hydroxylation sites is 1. The number of nitrogens with one attached hydrogen (secondary N) is 2. The van der Waals surface area contributed by atoms with Crippen molar-refractivity contribution < 1.29 is 14.0 Å². The number of anilines is 1. The number of H-pyrrole nitrogens is 1. The van der Waals surface area contributed by atoms with Crippen LogP contribution >= 0.6 is 11.8 Å². The summed E-state index contributed by atoms with van der Waals surface area (Å²) in [5.41, 5.74) is 2.44. The molecule has 6 nitrogen and oxygen atoms in total. The Balaban J connectivity index is 1.41. The van der Waals surface area contributed by atoms with Gasteiger partial charge in [0.15, 0.2) is 5.17 Å². The molecular weight excluding hydrogens is 403 g/mol. The number of hydrogen-bond donors (Lipinski definition) is 2. The molecule has 0 saturated carbocycles. The first-order chi connectivity index (χ1) is 14.5. The van der Waals surface area contributed by atoms with Crippen molar-refractivity contribution in [3.8, 4) is 0 Å². The third-order valence-corrected chi connectivity index (χ3v) is 6.24. The van der Waals surface area contributed by atoms with Crippen LogP contribution in [0.5, 0.6) is 0 Å². The summed E-state index contributed by atoms with van der Waals surface area (Å²) >= 11 is 1.32. The maximum absolute atomic E-state index is 13.4. The van der Waals surface area contributed by atoms with Crippen molar-refractivity contribution in [2.24, 2.45) is 4.99 Å². The van der Waals surface area contributed by atoms with E-state index in [1.54, 1.807) is 30.1 Å². The number of carbonyl (C=O) groups is 2. The average molecular weight is 425 g/mol. The van der Waals surface area contributed by atoms with E-state index in [0.717, 1.165) is 16.5 Å². The molecule has 1 saturated heterocycles. The van der Waals surface area contributed by atoms with E-state index in [9.17, 15) is 14.0 Å². The van der Waals surface area contributed by atoms with Crippen molar-refractivity contribution in [3.05, 3.63) is 66.1 Å². The molecule has 0 radical (unpaired) electrons. The largest absolute Gasteiger partial charge is 0.361 e. The Morgan fingerprint density at radius 3 is 2.83 bits per heavy atom. The smallest absolute Gasteiger partial charge is 0.242 e. The van der Waals surface area contributed by atoms with Gasteiger partial charge in [-0.25, -0.2) is 4.39 Å². The highest BCUT2D eigenvalue weighted by atomic mass is 32.2. The minimum Gasteiger partial charge on any atom is -0.361 e. The highest BCUT2D eigenvalue weighted by molar-refractivity contribution is 8.15. The van der Waals surface area contributed by atoms with Gasteiger partial charge in [-0.2, -0.15) is 0 Å². The number of nitrogens with zero attached hydrogens (tertiary/aromatic N) is 2. The second kappa shape index (κ2) is 8.71. The van der Waals surface area contributed by atoms with E-state index >= 15 is 0 Å². The summed E-state index contributed by atoms with van der Waals surface area (Å²) in [6.07, 6.45) is 2.52. The average Bonchev–Trinajstić information content (AvgIpc) is 3.27. The van der Waals surface area contributed by atoms with Gasteiger partial charge in [-0.15, -0.1) is 0 Å². The van der Waals surface area contributed by atoms with Crippen molar-refractivity contribution in [3.63, 3.8) is 0 Å². The summed E-state index contributed by atoms with van der Waals surface area (Å²) in [6.45, 7) is 0.444. The number of halogens is 1. The zero-order valence-electron chi connectivity index (χ0n) is 16.4. The lowest BCUT2D eigenvalue weighted by Crippen LogP contribution is -2.35. The van der Waals surface area contributed by atoms with E-state index < -0.39 is 5.25 Å². The molecule has 1 aliphatic heterocycles. The fraction of sp³-hybridized carbons (Fsp3) is 0.227. The Morgan fingerprint density at radius 2 is 2.07 bits per heavy atom. The number of aliphatic imine (C=N–C) groups is 1. The summed E-state index contributed by atoms with van der Waals surface area (Å²) in [7, 11) is 1.64. The molecule has 1 aliphatic rings. The Kier molecular flexibility index (Phi) is 5.85. The van der Waals surface area contributed by atoms with Crippen molar-refractivity contribution in [2.45, 2.75) is 18.1 Å². The normalized spacial score (nSPS) is 17.8. The molecule has 8 heteroatoms. The molecule has 154 valence electrons. The van der Waals surface area contributed by atoms with E-state index in [1.165, 1.54) is 23.9 Å². The van der Waals surface area contributed by atoms with Crippen LogP contribution in [0.25, 0.3) is 10.9 Å². The van der Waals surface area contributed by atoms with Gasteiger partial charge in [0.05, 0.1) is 0 Å². The second-order valence-electron chi connectivity index (χ2n) is 6.97. The number of amides is 2. The Bertz CT molecular complexity index is 1110. The van der Waals surface area contributed by atoms with Gasteiger partial charge in [0, 0.05) is 42.8 Å². The summed E-state index contributed by atoms with van der Waals surface area (Å²) in [4.78, 5) is 34.2. The fourth-order valence-corrected chi connectivity index (χ4v) is 4.65. The third kappa shape index (κ3) is 4.23. The minimum atomic E-state index is -0.496. The first-order valence-corrected chi connectivity index (χ1v) is 10.5. The van der Waals surface area contributed by atoms with Crippen LogP contribution in [0.1, 0.15) is 12.0 Å². The van der Waals surface area contributed by atoms with Crippen LogP contribution in [0, 0.1) is 5.82 Å². The number of fused-ring (bicyclic) bond motifs is 1. The van der Waals surface area contributed by atoms with Crippen LogP contribution in [-0.2, 0) is 16.0 Å². The minimum absolute atomic E-state index is 0.0836. The molecule has 1 aromatic heterocycles. The number of aromatic nitrogens is 1. The van der Waals surface area contributed by atoms with Gasteiger partial charge in [0.25, 0.3) is 0 Å². The Labute approximate surface area is 177 Å². The van der Waals surface area contributed by atoms with E-state index in [4.69, 9.17) is 0 Å². The molecule has 2 amide bonds. The standard InChI is InChI=1S/C22H21FN4O2S/c1-24-22-27(10-9-14-13-25-18-11-15(23)7-8-17(14)18)21(29)19(30-22)12-20(28)26-16-5-3-2-4-6-16/h2-8,11,13,19,25H,9-10,12H2,1H3,(H,26,28). The van der Waals surface area contributed by atoms with Crippen LogP contribution in [0.3, 0.4) is 0 Å². The molecule has 0 aliphatic carbocycles. The summed E-state index contributed by atoms with van der Waals surface area (Å²) < 4.78 is 13.4. The number of benzene rings is 2. The predicted octanol–water partition coefficient (Wildman–Crippen LogP) is 3.81. The third-order valence-electron chi connectivity index (χ3n) is 4.97. The van der Waals surface area contributed by atoms with Gasteiger partial charge in [0.1, 0.15) is 11.1 Å². The monoisotopic (exact) mass is 424 g/mol. The topological polar surface area (TPSA) is 77.6 Å². The zero-order valence-corrected chi connectivity index (χ0v) is 17.2. The predicted molar refractivity (Wildman–Crippen MR) is 118 cm³/mol. The van der Waals surface area contributed by atoms with Gasteiger partial charge in [-0.3, -0.25) is 19.5 Å². The fourth-order valence-electron chi connectivity index (χ4n) is 3.52. The number of amidine groups is 1. The molecule has 1 unspecified atom stereocenters. The van der Waals surface area contributed by atoms with E-state index in [2.05, 4.69) is 15.3 Å². The van der Waals surface area contributed by atoms with Gasteiger partial charge in [0.2, 0.25) is 11.8 Å². The summed E-state index contributed by atoms with van der Waals surface area (Å²) in [5, 5.41) is 3.87. The molecule has 0 spiro atoms. The molecule has 30 heavy (non-hydrogen) atoms. The van der Waals surface area contributed by atoms with E-state index in [-0.39, 0.29) is 24.1 Å². The Morgan fingerprint density at radius 1 is 1.27 bits per heavy atom. The second-order valence-corrected chi connectivity index (χ2v) is 8.14. The van der Waals surface area contributed by atoms with Crippen molar-refractivity contribution in [1.29, 1.82) is 0 Å². The highest BCUT2D eigenvalue weighted by Crippen LogP contribution is 2.30. The maximum Gasteiger partial charge on any atom is 0.242 e. The lowest BCUT2D eigenvalue weighted by molar-refractivity contribution is -0.128. The van der Waals surface area contributed by atoms with Gasteiger partial charge >= 0.3 is 0 Å². The van der Waals surface area contributed by atoms with Gasteiger partial charge in [-0.1, -0.05) is 30.0 Å². The number of hydrogen-bond acceptors (Lipinski definition) is 4. The quantitative estimate of drug-likeness (QED) is 0.632. The molecule has 3 aromatic rings. The maximum atomic E-state index is 13.4. The summed E-state index contributed by atoms with van der Waals surface area (Å²) in [6, 6.07) is 13.8. The molecule has 0 bridgehead atoms. The van der Waals surface area contributed by atoms with Crippen LogP contribution in [0.2, 0.25) is 0 Å². The van der Waals surface area contributed by atoms with Crippen molar-refractivity contribution in [2.75, 3.05) is 18.9 Å². The lowest BCUT2D eigenvalue weighted by Gasteiger charge is -2.16. The number of thioether (sulfide) groups is 1. The lowest BCUT2D eigenvalue weighted by atomic mass is 10.1. The molecule has 1 fully saturated rings. The van der Waals surface area contributed by atoms with Crippen LogP contribution < -0.4 is 5.32 Å². The molecular formula is C22H21FN4O2S. The SMILES string of the molecule is CN=C1SC(CC(=O)Nc2ccccc2)C(=O)N1CCc1c[nH]c2cc(F)ccc12. The van der Waals surface area contributed by atoms with Gasteiger partial charge in [-0.05, 0) is 42.3 Å². The van der Waals surface area contributed by atoms with E-state index in [1.807, 2.05) is 24.4 Å². The first-order valence-electron chi connectivity index (χ1n) is 9.60. The first kappa shape index (κ1) is 20.2.